The molecule has 0 saturated heterocycles. The first-order valence-corrected chi connectivity index (χ1v) is 17.3. The fourth-order valence-corrected chi connectivity index (χ4v) is 11.9. The highest BCUT2D eigenvalue weighted by Crippen LogP contribution is 2.89. The zero-order chi connectivity index (χ0) is 30.5. The van der Waals surface area contributed by atoms with E-state index >= 15 is 0 Å². The lowest BCUT2D eigenvalue weighted by atomic mass is 9.27. The van der Waals surface area contributed by atoms with Gasteiger partial charge < -0.3 is 0 Å². The van der Waals surface area contributed by atoms with Crippen LogP contribution in [0.25, 0.3) is 61.7 Å². The van der Waals surface area contributed by atoms with Crippen molar-refractivity contribution in [3.05, 3.63) is 132 Å². The zero-order valence-corrected chi connectivity index (χ0v) is 26.0. The lowest BCUT2D eigenvalue weighted by molar-refractivity contribution is -0.231. The van der Waals surface area contributed by atoms with Crippen molar-refractivity contribution in [1.82, 2.24) is 19.5 Å². The average molecular weight is 605 g/mol. The molecule has 0 amide bonds. The largest absolute Gasteiger partial charge is 0.278 e. The quantitative estimate of drug-likeness (QED) is 0.202. The molecular weight excluding hydrogens is 573 g/mol. The van der Waals surface area contributed by atoms with Crippen molar-refractivity contribution in [2.24, 2.45) is 29.1 Å². The Labute approximate surface area is 273 Å². The molecular formula is C43H32N4. The summed E-state index contributed by atoms with van der Waals surface area (Å²) in [5.41, 5.74) is 11.1. The van der Waals surface area contributed by atoms with Gasteiger partial charge in [-0.3, -0.25) is 4.57 Å². The summed E-state index contributed by atoms with van der Waals surface area (Å²) in [6.45, 7) is 0. The van der Waals surface area contributed by atoms with Crippen molar-refractivity contribution in [2.75, 3.05) is 0 Å². The monoisotopic (exact) mass is 604 g/mol. The normalized spacial score (nSPS) is 28.7. The maximum absolute atomic E-state index is 5.19. The van der Waals surface area contributed by atoms with E-state index in [1.807, 2.05) is 36.4 Å². The van der Waals surface area contributed by atoms with Gasteiger partial charge in [-0.2, -0.15) is 9.97 Å². The molecule has 47 heavy (non-hydrogen) atoms. The summed E-state index contributed by atoms with van der Waals surface area (Å²) >= 11 is 0. The van der Waals surface area contributed by atoms with Gasteiger partial charge in [-0.1, -0.05) is 103 Å². The van der Waals surface area contributed by atoms with Crippen LogP contribution in [-0.2, 0) is 5.41 Å². The Hall–Kier alpha value is -5.09. The Kier molecular flexibility index (Phi) is 4.49. The number of aromatic nitrogens is 4. The Morgan fingerprint density at radius 3 is 2.00 bits per heavy atom. The summed E-state index contributed by atoms with van der Waals surface area (Å²) in [4.78, 5) is 15.4. The van der Waals surface area contributed by atoms with Crippen LogP contribution in [0.5, 0.6) is 0 Å². The van der Waals surface area contributed by atoms with E-state index in [-0.39, 0.29) is 5.41 Å². The minimum absolute atomic E-state index is 0.170. The van der Waals surface area contributed by atoms with Gasteiger partial charge in [0.1, 0.15) is 0 Å². The molecule has 2 spiro atoms. The van der Waals surface area contributed by atoms with Crippen molar-refractivity contribution in [3.63, 3.8) is 0 Å². The second-order valence-electron chi connectivity index (χ2n) is 14.9. The molecule has 2 aromatic heterocycles. The van der Waals surface area contributed by atoms with Gasteiger partial charge in [0.25, 0.3) is 0 Å². The highest BCUT2D eigenvalue weighted by atomic mass is 15.2. The fraction of sp³-hybridized carbons (Fsp3) is 0.233. The van der Waals surface area contributed by atoms with E-state index in [9.17, 15) is 0 Å². The van der Waals surface area contributed by atoms with Crippen molar-refractivity contribution < 1.29 is 0 Å². The number of para-hydroxylation sites is 1. The molecule has 4 saturated carbocycles. The van der Waals surface area contributed by atoms with E-state index < -0.39 is 0 Å². The molecule has 7 aromatic rings. The van der Waals surface area contributed by atoms with Crippen LogP contribution in [-0.4, -0.2) is 19.5 Å². The molecule has 5 aliphatic carbocycles. The third-order valence-electron chi connectivity index (χ3n) is 13.3. The molecule has 4 fully saturated rings. The average Bonchev–Trinajstić information content (AvgIpc) is 3.84. The van der Waals surface area contributed by atoms with Crippen LogP contribution < -0.4 is 0 Å². The number of benzene rings is 5. The van der Waals surface area contributed by atoms with Crippen molar-refractivity contribution in [2.45, 2.75) is 31.1 Å². The number of rotatable bonds is 3. The van der Waals surface area contributed by atoms with Gasteiger partial charge in [0, 0.05) is 27.3 Å². The summed E-state index contributed by atoms with van der Waals surface area (Å²) in [6.07, 6.45) is 5.80. The SMILES string of the molecule is c1ccc(-c2nc(-c3ccccc3)nc(-n3c4ccccc4c4cc5c(cc43)-c3ccccc3C53C4CC5CC6C[C@@H]3C64C5)n2)cc1. The van der Waals surface area contributed by atoms with Gasteiger partial charge in [-0.15, -0.1) is 0 Å². The second kappa shape index (κ2) is 8.43. The Morgan fingerprint density at radius 1 is 0.553 bits per heavy atom. The third-order valence-corrected chi connectivity index (χ3v) is 13.3. The van der Waals surface area contributed by atoms with E-state index in [4.69, 9.17) is 15.0 Å². The van der Waals surface area contributed by atoms with E-state index in [2.05, 4.69) is 89.5 Å². The van der Waals surface area contributed by atoms with E-state index in [0.29, 0.717) is 23.0 Å². The standard InChI is InChI=1S/C43H32N4/c1-3-11-26(12-4-1)39-44-40(27-13-5-2-6-14-27)46-41(45-39)47-35-18-10-8-16-30(35)32-22-34-31(23-36(32)47)29-15-7-9-17-33(29)43(34)37-20-25-19-28-21-38(43)42(28,37)24-25/h1-18,22-23,25,28,37-38H,19-21,24H2/t25?,28?,37?,38-,42?,43?/m1/s1. The lowest BCUT2D eigenvalue weighted by Crippen LogP contribution is -2.73. The van der Waals surface area contributed by atoms with Gasteiger partial charge >= 0.3 is 0 Å². The van der Waals surface area contributed by atoms with Crippen LogP contribution in [0.15, 0.2) is 121 Å². The zero-order valence-electron chi connectivity index (χ0n) is 26.0. The Bertz CT molecular complexity index is 2410. The van der Waals surface area contributed by atoms with Crippen LogP contribution in [0, 0.1) is 29.1 Å². The predicted octanol–water partition coefficient (Wildman–Crippen LogP) is 9.64. The van der Waals surface area contributed by atoms with Crippen LogP contribution >= 0.6 is 0 Å². The highest BCUT2D eigenvalue weighted by molar-refractivity contribution is 6.11. The highest BCUT2D eigenvalue weighted by Gasteiger charge is 2.84. The first kappa shape index (κ1) is 25.1. The molecule has 0 radical (unpaired) electrons. The number of fused-ring (bicyclic) bond motifs is 11. The summed E-state index contributed by atoms with van der Waals surface area (Å²) in [7, 11) is 0. The second-order valence-corrected chi connectivity index (χ2v) is 14.9. The molecule has 5 aliphatic rings. The first-order valence-electron chi connectivity index (χ1n) is 17.3. The topological polar surface area (TPSA) is 43.6 Å². The molecule has 5 unspecified atom stereocenters. The van der Waals surface area contributed by atoms with Gasteiger partial charge in [0.2, 0.25) is 5.95 Å². The minimum atomic E-state index is 0.170. The smallest absolute Gasteiger partial charge is 0.238 e. The molecule has 4 heteroatoms. The minimum Gasteiger partial charge on any atom is -0.278 e. The summed E-state index contributed by atoms with van der Waals surface area (Å²) in [5, 5.41) is 2.56. The first-order chi connectivity index (χ1) is 23.2. The van der Waals surface area contributed by atoms with Gasteiger partial charge in [0.05, 0.1) is 11.0 Å². The molecule has 0 N–H and O–H groups in total. The van der Waals surface area contributed by atoms with Crippen LogP contribution in [0.4, 0.5) is 0 Å². The van der Waals surface area contributed by atoms with Crippen molar-refractivity contribution in [1.29, 1.82) is 0 Å². The molecule has 5 aromatic carbocycles. The van der Waals surface area contributed by atoms with Gasteiger partial charge in [-0.05, 0) is 95.2 Å². The number of nitrogens with zero attached hydrogens (tertiary/aromatic N) is 4. The van der Waals surface area contributed by atoms with Crippen LogP contribution in [0.1, 0.15) is 36.8 Å². The number of hydrogen-bond donors (Lipinski definition) is 0. The molecule has 6 atom stereocenters. The van der Waals surface area contributed by atoms with Crippen molar-refractivity contribution in [3.8, 4) is 39.9 Å². The Balaban J connectivity index is 1.15. The maximum Gasteiger partial charge on any atom is 0.238 e. The van der Waals surface area contributed by atoms with Crippen LogP contribution in [0.2, 0.25) is 0 Å². The summed E-state index contributed by atoms with van der Waals surface area (Å²) < 4.78 is 2.29. The summed E-state index contributed by atoms with van der Waals surface area (Å²) in [6, 6.07) is 43.9. The molecule has 0 aliphatic heterocycles. The summed E-state index contributed by atoms with van der Waals surface area (Å²) in [5.74, 6) is 5.51. The Morgan fingerprint density at radius 2 is 1.23 bits per heavy atom. The fourth-order valence-electron chi connectivity index (χ4n) is 11.9. The number of hydrogen-bond acceptors (Lipinski definition) is 3. The van der Waals surface area contributed by atoms with Gasteiger partial charge in [0.15, 0.2) is 11.6 Å². The lowest BCUT2D eigenvalue weighted by Gasteiger charge is -2.76. The van der Waals surface area contributed by atoms with E-state index in [0.717, 1.165) is 45.8 Å². The van der Waals surface area contributed by atoms with Crippen molar-refractivity contribution >= 4 is 21.8 Å². The molecule has 4 nitrogen and oxygen atoms in total. The predicted molar refractivity (Wildman–Crippen MR) is 186 cm³/mol. The molecule has 12 rings (SSSR count). The van der Waals surface area contributed by atoms with E-state index in [1.165, 1.54) is 47.6 Å². The molecule has 2 heterocycles. The third kappa shape index (κ3) is 2.83. The molecule has 2 bridgehead atoms. The van der Waals surface area contributed by atoms with E-state index in [1.54, 1.807) is 11.1 Å². The molecule has 224 valence electrons. The van der Waals surface area contributed by atoms with Crippen LogP contribution in [0.3, 0.4) is 0 Å². The maximum atomic E-state index is 5.19. The van der Waals surface area contributed by atoms with Gasteiger partial charge in [-0.25, -0.2) is 4.98 Å².